The third-order valence-electron chi connectivity index (χ3n) is 3.78. The minimum atomic E-state index is -3.52. The van der Waals surface area contributed by atoms with Crippen LogP contribution in [0.1, 0.15) is 49.8 Å². The van der Waals surface area contributed by atoms with Crippen molar-refractivity contribution < 1.29 is 8.42 Å². The van der Waals surface area contributed by atoms with Gasteiger partial charge in [-0.25, -0.2) is 13.1 Å². The monoisotopic (exact) mass is 332 g/mol. The molecule has 23 heavy (non-hydrogen) atoms. The molecule has 1 aromatic carbocycles. The normalized spacial score (nSPS) is 11.8. The third kappa shape index (κ3) is 4.62. The highest BCUT2D eigenvalue weighted by Crippen LogP contribution is 2.24. The van der Waals surface area contributed by atoms with Gasteiger partial charge in [-0.05, 0) is 53.3 Å². The van der Waals surface area contributed by atoms with Crippen LogP contribution >= 0.6 is 0 Å². The maximum Gasteiger partial charge on any atom is 0.240 e. The molecule has 0 saturated carbocycles. The highest BCUT2D eigenvalue weighted by Gasteiger charge is 2.17. The van der Waals surface area contributed by atoms with Crippen LogP contribution in [0.15, 0.2) is 47.6 Å². The van der Waals surface area contributed by atoms with Crippen molar-refractivity contribution in [1.29, 1.82) is 0 Å². The number of pyridine rings is 1. The van der Waals surface area contributed by atoms with Gasteiger partial charge in [-0.15, -0.1) is 0 Å². The van der Waals surface area contributed by atoms with Crippen molar-refractivity contribution in [2.24, 2.45) is 0 Å². The number of nitrogens with one attached hydrogen (secondary N) is 1. The lowest BCUT2D eigenvalue weighted by Gasteiger charge is -2.15. The molecule has 2 aromatic rings. The van der Waals surface area contributed by atoms with Crippen LogP contribution in [-0.2, 0) is 23.0 Å². The van der Waals surface area contributed by atoms with E-state index >= 15 is 0 Å². The van der Waals surface area contributed by atoms with Gasteiger partial charge in [0.15, 0.2) is 0 Å². The van der Waals surface area contributed by atoms with Crippen molar-refractivity contribution in [2.45, 2.75) is 51.0 Å². The SMILES string of the molecule is CCCc1ccc(S(=O)(=O)NCc2ccncc2)cc1C(C)C. The van der Waals surface area contributed by atoms with E-state index in [9.17, 15) is 8.42 Å². The molecule has 0 aliphatic rings. The number of benzene rings is 1. The first-order valence-electron chi connectivity index (χ1n) is 7.95. The summed E-state index contributed by atoms with van der Waals surface area (Å²) in [7, 11) is -3.52. The van der Waals surface area contributed by atoms with Crippen molar-refractivity contribution in [2.75, 3.05) is 0 Å². The highest BCUT2D eigenvalue weighted by molar-refractivity contribution is 7.89. The van der Waals surface area contributed by atoms with Gasteiger partial charge in [-0.3, -0.25) is 4.98 Å². The summed E-state index contributed by atoms with van der Waals surface area (Å²) in [5.74, 6) is 0.298. The van der Waals surface area contributed by atoms with E-state index in [0.29, 0.717) is 10.8 Å². The number of hydrogen-bond acceptors (Lipinski definition) is 3. The number of aromatic nitrogens is 1. The maximum absolute atomic E-state index is 12.5. The molecule has 0 radical (unpaired) electrons. The molecule has 1 aromatic heterocycles. The summed E-state index contributed by atoms with van der Waals surface area (Å²) in [6.45, 7) is 6.58. The number of aryl methyl sites for hydroxylation is 1. The van der Waals surface area contributed by atoms with E-state index in [1.165, 1.54) is 5.56 Å². The number of nitrogens with zero attached hydrogens (tertiary/aromatic N) is 1. The van der Waals surface area contributed by atoms with Gasteiger partial charge in [-0.2, -0.15) is 0 Å². The number of rotatable bonds is 7. The van der Waals surface area contributed by atoms with E-state index in [0.717, 1.165) is 24.0 Å². The molecule has 5 heteroatoms. The minimum absolute atomic E-state index is 0.262. The van der Waals surface area contributed by atoms with Crippen LogP contribution in [0, 0.1) is 0 Å². The summed E-state index contributed by atoms with van der Waals surface area (Å²) in [6, 6.07) is 9.05. The predicted octanol–water partition coefficient (Wildman–Crippen LogP) is 3.64. The smallest absolute Gasteiger partial charge is 0.240 e. The Bertz CT molecular complexity index is 741. The first-order valence-corrected chi connectivity index (χ1v) is 9.43. The van der Waals surface area contributed by atoms with Crippen molar-refractivity contribution in [3.05, 3.63) is 59.4 Å². The first-order chi connectivity index (χ1) is 10.9. The quantitative estimate of drug-likeness (QED) is 0.842. The third-order valence-corrected chi connectivity index (χ3v) is 5.18. The summed E-state index contributed by atoms with van der Waals surface area (Å²) in [4.78, 5) is 4.26. The lowest BCUT2D eigenvalue weighted by molar-refractivity contribution is 0.581. The molecule has 0 atom stereocenters. The molecular weight excluding hydrogens is 308 g/mol. The van der Waals surface area contributed by atoms with Gasteiger partial charge in [0.1, 0.15) is 0 Å². The van der Waals surface area contributed by atoms with Gasteiger partial charge in [0.25, 0.3) is 0 Å². The second-order valence-corrected chi connectivity index (χ2v) is 7.71. The second kappa shape index (κ2) is 7.70. The Morgan fingerprint density at radius 2 is 1.83 bits per heavy atom. The molecule has 0 bridgehead atoms. The van der Waals surface area contributed by atoms with Gasteiger partial charge in [0, 0.05) is 18.9 Å². The summed E-state index contributed by atoms with van der Waals surface area (Å²) in [5.41, 5.74) is 3.23. The van der Waals surface area contributed by atoms with Crippen LogP contribution in [-0.4, -0.2) is 13.4 Å². The predicted molar refractivity (Wildman–Crippen MR) is 92.8 cm³/mol. The van der Waals surface area contributed by atoms with Gasteiger partial charge in [-0.1, -0.05) is 33.3 Å². The van der Waals surface area contributed by atoms with Gasteiger partial charge in [0.05, 0.1) is 4.90 Å². The molecule has 0 unspecified atom stereocenters. The summed E-state index contributed by atoms with van der Waals surface area (Å²) in [5, 5.41) is 0. The zero-order valence-electron chi connectivity index (χ0n) is 13.9. The lowest BCUT2D eigenvalue weighted by atomic mass is 9.95. The van der Waals surface area contributed by atoms with E-state index in [1.54, 1.807) is 30.6 Å². The lowest BCUT2D eigenvalue weighted by Crippen LogP contribution is -2.23. The van der Waals surface area contributed by atoms with E-state index < -0.39 is 10.0 Å². The minimum Gasteiger partial charge on any atom is -0.265 e. The molecule has 0 saturated heterocycles. The number of hydrogen-bond donors (Lipinski definition) is 1. The van der Waals surface area contributed by atoms with E-state index in [4.69, 9.17) is 0 Å². The molecular formula is C18H24N2O2S. The van der Waals surface area contributed by atoms with Crippen LogP contribution in [0.4, 0.5) is 0 Å². The standard InChI is InChI=1S/C18H24N2O2S/c1-4-5-16-6-7-17(12-18(16)14(2)3)23(21,22)20-13-15-8-10-19-11-9-15/h6-12,14,20H,4-5,13H2,1-3H3. The van der Waals surface area contributed by atoms with Crippen LogP contribution in [0.5, 0.6) is 0 Å². The van der Waals surface area contributed by atoms with Crippen molar-refractivity contribution in [3.8, 4) is 0 Å². The van der Waals surface area contributed by atoms with E-state index in [2.05, 4.69) is 30.5 Å². The fraction of sp³-hybridized carbons (Fsp3) is 0.389. The van der Waals surface area contributed by atoms with Gasteiger partial charge < -0.3 is 0 Å². The molecule has 1 N–H and O–H groups in total. The zero-order valence-corrected chi connectivity index (χ0v) is 14.7. The Kier molecular flexibility index (Phi) is 5.91. The summed E-state index contributed by atoms with van der Waals surface area (Å²) in [6.07, 6.45) is 5.32. The van der Waals surface area contributed by atoms with Crippen LogP contribution in [0.25, 0.3) is 0 Å². The second-order valence-electron chi connectivity index (χ2n) is 5.95. The fourth-order valence-electron chi connectivity index (χ4n) is 2.54. The van der Waals surface area contributed by atoms with Crippen LogP contribution in [0.2, 0.25) is 0 Å². The summed E-state index contributed by atoms with van der Waals surface area (Å²) < 4.78 is 27.7. The topological polar surface area (TPSA) is 59.1 Å². The Balaban J connectivity index is 2.23. The van der Waals surface area contributed by atoms with Crippen molar-refractivity contribution in [1.82, 2.24) is 9.71 Å². The molecule has 0 amide bonds. The largest absolute Gasteiger partial charge is 0.265 e. The Morgan fingerprint density at radius 3 is 2.43 bits per heavy atom. The average Bonchev–Trinajstić information content (AvgIpc) is 2.54. The number of sulfonamides is 1. The molecule has 1 heterocycles. The van der Waals surface area contributed by atoms with Gasteiger partial charge >= 0.3 is 0 Å². The highest BCUT2D eigenvalue weighted by atomic mass is 32.2. The van der Waals surface area contributed by atoms with Crippen LogP contribution < -0.4 is 4.72 Å². The Morgan fingerprint density at radius 1 is 1.13 bits per heavy atom. The molecule has 0 aliphatic heterocycles. The molecule has 2 rings (SSSR count). The molecule has 0 fully saturated rings. The maximum atomic E-state index is 12.5. The Hall–Kier alpha value is -1.72. The fourth-order valence-corrected chi connectivity index (χ4v) is 3.59. The molecule has 124 valence electrons. The zero-order chi connectivity index (χ0) is 16.9. The van der Waals surface area contributed by atoms with Crippen molar-refractivity contribution >= 4 is 10.0 Å². The average molecular weight is 332 g/mol. The molecule has 0 spiro atoms. The summed E-state index contributed by atoms with van der Waals surface area (Å²) >= 11 is 0. The Labute approximate surface area is 139 Å². The van der Waals surface area contributed by atoms with Crippen molar-refractivity contribution in [3.63, 3.8) is 0 Å². The van der Waals surface area contributed by atoms with E-state index in [-0.39, 0.29) is 6.54 Å². The molecule has 0 aliphatic carbocycles. The molecule has 4 nitrogen and oxygen atoms in total. The van der Waals surface area contributed by atoms with Gasteiger partial charge in [0.2, 0.25) is 10.0 Å². The van der Waals surface area contributed by atoms with E-state index in [1.807, 2.05) is 12.1 Å². The first kappa shape index (κ1) is 17.6. The van der Waals surface area contributed by atoms with Crippen LogP contribution in [0.3, 0.4) is 0 Å².